The molecule has 9 nitrogen and oxygen atoms in total. The summed E-state index contributed by atoms with van der Waals surface area (Å²) in [5.41, 5.74) is 13.7. The number of hydrogen-bond acceptors (Lipinski definition) is 8. The molecule has 3 heterocycles. The molecule has 0 unspecified atom stereocenters. The minimum Gasteiger partial charge on any atom is -0.491 e. The number of nitrogens with two attached hydrogens (primary N) is 2. The van der Waals surface area contributed by atoms with E-state index < -0.39 is 0 Å². The number of nitrogen functional groups attached to an aromatic ring is 1. The van der Waals surface area contributed by atoms with Gasteiger partial charge in [0.05, 0.1) is 24.9 Å². The van der Waals surface area contributed by atoms with Crippen molar-refractivity contribution in [3.8, 4) is 16.9 Å². The molecule has 0 aliphatic carbocycles. The van der Waals surface area contributed by atoms with Gasteiger partial charge < -0.3 is 30.6 Å². The molecule has 1 aromatic heterocycles. The fraction of sp³-hybridized carbons (Fsp3) is 0.565. The summed E-state index contributed by atoms with van der Waals surface area (Å²) in [5.74, 6) is 1.52. The Morgan fingerprint density at radius 3 is 2.50 bits per heavy atom. The number of hydrogen-bond donors (Lipinski definition) is 2. The fourth-order valence-electron chi connectivity index (χ4n) is 4.75. The van der Waals surface area contributed by atoms with E-state index in [1.165, 1.54) is 0 Å². The van der Waals surface area contributed by atoms with E-state index in [1.54, 1.807) is 18.7 Å². The molecule has 32 heavy (non-hydrogen) atoms. The lowest BCUT2D eigenvalue weighted by Gasteiger charge is -2.41. The fourth-order valence-corrected chi connectivity index (χ4v) is 4.75. The van der Waals surface area contributed by atoms with Crippen LogP contribution in [0.3, 0.4) is 0 Å². The zero-order valence-corrected chi connectivity index (χ0v) is 19.0. The highest BCUT2D eigenvalue weighted by molar-refractivity contribution is 5.74. The minimum atomic E-state index is -0.171. The van der Waals surface area contributed by atoms with Gasteiger partial charge in [-0.15, -0.1) is 0 Å². The van der Waals surface area contributed by atoms with Gasteiger partial charge in [0, 0.05) is 38.7 Å². The van der Waals surface area contributed by atoms with E-state index in [9.17, 15) is 4.79 Å². The van der Waals surface area contributed by atoms with E-state index in [0.717, 1.165) is 25.9 Å². The van der Waals surface area contributed by atoms with E-state index in [4.69, 9.17) is 25.7 Å². The number of anilines is 2. The van der Waals surface area contributed by atoms with Crippen molar-refractivity contribution < 1.29 is 14.2 Å². The van der Waals surface area contributed by atoms with Gasteiger partial charge in [0.1, 0.15) is 18.2 Å². The molecule has 2 aliphatic rings. The smallest absolute Gasteiger partial charge is 0.264 e. The number of nitrogens with zero attached hydrogens (tertiary/aromatic N) is 3. The molecule has 0 saturated carbocycles. The van der Waals surface area contributed by atoms with Crippen molar-refractivity contribution in [2.24, 2.45) is 18.2 Å². The summed E-state index contributed by atoms with van der Waals surface area (Å²) in [4.78, 5) is 20.0. The van der Waals surface area contributed by atoms with Crippen molar-refractivity contribution in [1.29, 1.82) is 0 Å². The van der Waals surface area contributed by atoms with Crippen molar-refractivity contribution in [3.63, 3.8) is 0 Å². The highest BCUT2D eigenvalue weighted by Gasteiger charge is 2.47. The van der Waals surface area contributed by atoms with Gasteiger partial charge in [-0.05, 0) is 37.5 Å². The summed E-state index contributed by atoms with van der Waals surface area (Å²) in [6.07, 6.45) is 1.89. The van der Waals surface area contributed by atoms with Crippen molar-refractivity contribution in [1.82, 2.24) is 9.55 Å². The molecule has 2 saturated heterocycles. The van der Waals surface area contributed by atoms with Crippen LogP contribution in [0.15, 0.2) is 29.1 Å². The van der Waals surface area contributed by atoms with E-state index in [-0.39, 0.29) is 28.9 Å². The third kappa shape index (κ3) is 4.07. The second-order valence-corrected chi connectivity index (χ2v) is 8.79. The van der Waals surface area contributed by atoms with E-state index >= 15 is 0 Å². The van der Waals surface area contributed by atoms with Crippen LogP contribution in [0.4, 0.5) is 11.8 Å². The Labute approximate surface area is 188 Å². The van der Waals surface area contributed by atoms with Gasteiger partial charge in [-0.2, -0.15) is 4.98 Å². The Morgan fingerprint density at radius 1 is 1.22 bits per heavy atom. The van der Waals surface area contributed by atoms with Crippen LogP contribution in [-0.2, 0) is 16.5 Å². The Balaban J connectivity index is 1.53. The second-order valence-electron chi connectivity index (χ2n) is 8.79. The lowest BCUT2D eigenvalue weighted by molar-refractivity contribution is 0.0973. The molecule has 4 rings (SSSR count). The summed E-state index contributed by atoms with van der Waals surface area (Å²) >= 11 is 0. The third-order valence-corrected chi connectivity index (χ3v) is 6.88. The molecule has 0 radical (unpaired) electrons. The summed E-state index contributed by atoms with van der Waals surface area (Å²) in [6.45, 7) is 5.22. The first-order valence-electron chi connectivity index (χ1n) is 11.1. The highest BCUT2D eigenvalue weighted by Crippen LogP contribution is 2.41. The normalized spacial score (nSPS) is 22.4. The van der Waals surface area contributed by atoms with Crippen LogP contribution in [-0.4, -0.2) is 61.7 Å². The van der Waals surface area contributed by atoms with Crippen molar-refractivity contribution in [2.45, 2.75) is 31.9 Å². The molecule has 2 fully saturated rings. The molecule has 4 N–H and O–H groups in total. The number of piperidine rings is 1. The Hall–Kier alpha value is -2.62. The van der Waals surface area contributed by atoms with Crippen molar-refractivity contribution in [3.05, 3.63) is 34.6 Å². The van der Waals surface area contributed by atoms with Crippen LogP contribution < -0.4 is 26.7 Å². The van der Waals surface area contributed by atoms with Gasteiger partial charge in [0.25, 0.3) is 5.56 Å². The number of benzene rings is 1. The predicted molar refractivity (Wildman–Crippen MR) is 124 cm³/mol. The average Bonchev–Trinajstić information content (AvgIpc) is 3.07. The summed E-state index contributed by atoms with van der Waals surface area (Å²) in [6, 6.07) is 7.31. The third-order valence-electron chi connectivity index (χ3n) is 6.88. The highest BCUT2D eigenvalue weighted by atomic mass is 16.5. The lowest BCUT2D eigenvalue weighted by Crippen LogP contribution is -2.51. The first-order valence-corrected chi connectivity index (χ1v) is 11.1. The second kappa shape index (κ2) is 9.09. The molecule has 2 aromatic rings. The molecule has 0 amide bonds. The first kappa shape index (κ1) is 22.6. The number of rotatable bonds is 6. The van der Waals surface area contributed by atoms with Gasteiger partial charge in [0.2, 0.25) is 5.95 Å². The lowest BCUT2D eigenvalue weighted by atomic mass is 9.73. The molecular weight excluding hydrogens is 410 g/mol. The van der Waals surface area contributed by atoms with E-state index in [1.807, 2.05) is 31.2 Å². The maximum atomic E-state index is 13.2. The monoisotopic (exact) mass is 443 g/mol. The molecule has 1 aromatic carbocycles. The zero-order chi connectivity index (χ0) is 22.9. The first-order chi connectivity index (χ1) is 15.4. The molecular formula is C23H33N5O4. The molecule has 1 spiro atoms. The van der Waals surface area contributed by atoms with Crippen LogP contribution in [0.2, 0.25) is 0 Å². The molecule has 2 aliphatic heterocycles. The maximum Gasteiger partial charge on any atom is 0.264 e. The van der Waals surface area contributed by atoms with E-state index in [0.29, 0.717) is 42.6 Å². The van der Waals surface area contributed by atoms with Crippen molar-refractivity contribution in [2.75, 3.05) is 50.7 Å². The summed E-state index contributed by atoms with van der Waals surface area (Å²) < 4.78 is 18.0. The van der Waals surface area contributed by atoms with Crippen LogP contribution in [0, 0.1) is 5.41 Å². The SMILES string of the molecule is COCCOc1ccc(-c2c(N)nc(N3CCC4(CC3)CO[C@@H](C)[C@H]4N)n(C)c2=O)cc1. The number of ether oxygens (including phenoxy) is 3. The van der Waals surface area contributed by atoms with Crippen LogP contribution in [0.1, 0.15) is 19.8 Å². The minimum absolute atomic E-state index is 0.00728. The topological polar surface area (TPSA) is 118 Å². The number of aromatic nitrogens is 2. The largest absolute Gasteiger partial charge is 0.491 e. The quantitative estimate of drug-likeness (QED) is 0.643. The maximum absolute atomic E-state index is 13.2. The standard InChI is InChI=1S/C23H33N5O4/c1-15-19(24)23(14-32-15)8-10-28(11-9-23)22-26-20(25)18(21(29)27(22)2)16-4-6-17(7-5-16)31-13-12-30-3/h4-7,15,19H,8-14,24-25H2,1-3H3/t15-,19+/m0/s1. The molecule has 174 valence electrons. The van der Waals surface area contributed by atoms with E-state index in [2.05, 4.69) is 9.88 Å². The summed E-state index contributed by atoms with van der Waals surface area (Å²) in [7, 11) is 3.37. The summed E-state index contributed by atoms with van der Waals surface area (Å²) in [5, 5.41) is 0. The van der Waals surface area contributed by atoms with Crippen LogP contribution in [0.5, 0.6) is 5.75 Å². The van der Waals surface area contributed by atoms with Crippen LogP contribution in [0.25, 0.3) is 11.1 Å². The van der Waals surface area contributed by atoms with Gasteiger partial charge in [-0.1, -0.05) is 12.1 Å². The average molecular weight is 444 g/mol. The number of methoxy groups -OCH3 is 1. The molecule has 2 atom stereocenters. The molecule has 9 heteroatoms. The molecule has 0 bridgehead atoms. The Morgan fingerprint density at radius 2 is 1.91 bits per heavy atom. The zero-order valence-electron chi connectivity index (χ0n) is 19.0. The van der Waals surface area contributed by atoms with Gasteiger partial charge in [-0.3, -0.25) is 9.36 Å². The van der Waals surface area contributed by atoms with Gasteiger partial charge >= 0.3 is 0 Å². The van der Waals surface area contributed by atoms with Crippen LogP contribution >= 0.6 is 0 Å². The van der Waals surface area contributed by atoms with Gasteiger partial charge in [0.15, 0.2) is 0 Å². The van der Waals surface area contributed by atoms with Crippen molar-refractivity contribution >= 4 is 11.8 Å². The predicted octanol–water partition coefficient (Wildman–Crippen LogP) is 1.39. The Bertz CT molecular complexity index is 999. The Kier molecular flexibility index (Phi) is 6.41. The van der Waals surface area contributed by atoms with Gasteiger partial charge in [-0.25, -0.2) is 0 Å².